The van der Waals surface area contributed by atoms with E-state index in [4.69, 9.17) is 5.73 Å². The number of aliphatic hydroxyl groups excluding tert-OH is 2. The summed E-state index contributed by atoms with van der Waals surface area (Å²) in [7, 11) is 0. The van der Waals surface area contributed by atoms with Crippen LogP contribution in [0.15, 0.2) is 29.0 Å². The zero-order chi connectivity index (χ0) is 28.8. The molecule has 208 valence electrons. The van der Waals surface area contributed by atoms with E-state index in [2.05, 4.69) is 0 Å². The van der Waals surface area contributed by atoms with Crippen LogP contribution in [-0.2, 0) is 24.6 Å². The molecule has 0 spiro atoms. The third-order valence-electron chi connectivity index (χ3n) is 9.50. The minimum Gasteiger partial charge on any atom is -0.508 e. The number of aliphatic hydroxyl groups is 3. The standard InChI is InChI=1S/C30H35NO8/c1-12-14-8-9-16(29(2,3)4)24(34)21(14)25(35)23-20(12)15(10-18(32)13-6-5-7-13)17-11-19(33)22(28(31)38)26(36)30(17,39)27(23)37/h8-9,12-13,15,17,20,34-36,39H,5-7,10-11H2,1-4H3,(H2,31,38)/t12-,15+,17+,20-,30+/m0/s1. The normalized spacial score (nSPS) is 30.9. The fourth-order valence-corrected chi connectivity index (χ4v) is 7.21. The number of amides is 1. The molecule has 1 amide bonds. The van der Waals surface area contributed by atoms with Crippen molar-refractivity contribution >= 4 is 29.0 Å². The molecule has 4 aliphatic carbocycles. The number of rotatable bonds is 4. The van der Waals surface area contributed by atoms with Gasteiger partial charge in [0.2, 0.25) is 5.78 Å². The average molecular weight is 538 g/mol. The van der Waals surface area contributed by atoms with Gasteiger partial charge in [0.05, 0.1) is 5.56 Å². The van der Waals surface area contributed by atoms with Crippen molar-refractivity contribution in [3.8, 4) is 5.75 Å². The first-order chi connectivity index (χ1) is 18.1. The zero-order valence-corrected chi connectivity index (χ0v) is 22.6. The number of Topliss-reactive ketones (excluding diaryl/α,β-unsaturated/α-hetero) is 3. The molecule has 9 heteroatoms. The Kier molecular flexibility index (Phi) is 6.10. The van der Waals surface area contributed by atoms with Gasteiger partial charge in [0.15, 0.2) is 11.4 Å². The predicted molar refractivity (Wildman–Crippen MR) is 141 cm³/mol. The number of phenolic OH excluding ortho intramolecular Hbond substituents is 1. The second-order valence-corrected chi connectivity index (χ2v) is 12.6. The van der Waals surface area contributed by atoms with Crippen molar-refractivity contribution in [2.75, 3.05) is 0 Å². The molecular formula is C30H35NO8. The second kappa shape index (κ2) is 8.78. The Bertz CT molecular complexity index is 1390. The lowest BCUT2D eigenvalue weighted by molar-refractivity contribution is -0.156. The lowest BCUT2D eigenvalue weighted by Crippen LogP contribution is -2.62. The molecule has 0 bridgehead atoms. The maximum absolute atomic E-state index is 14.1. The molecule has 2 saturated carbocycles. The summed E-state index contributed by atoms with van der Waals surface area (Å²) in [5.74, 6) is -8.57. The third kappa shape index (κ3) is 3.69. The molecule has 2 fully saturated rings. The highest BCUT2D eigenvalue weighted by Crippen LogP contribution is 2.59. The van der Waals surface area contributed by atoms with Gasteiger partial charge < -0.3 is 26.2 Å². The van der Waals surface area contributed by atoms with Gasteiger partial charge in [0, 0.05) is 41.7 Å². The predicted octanol–water partition coefficient (Wildman–Crippen LogP) is 3.27. The number of primary amides is 1. The maximum Gasteiger partial charge on any atom is 0.255 e. The Morgan fingerprint density at radius 1 is 1.10 bits per heavy atom. The molecule has 1 aromatic carbocycles. The van der Waals surface area contributed by atoms with Crippen LogP contribution in [0.3, 0.4) is 0 Å². The van der Waals surface area contributed by atoms with Gasteiger partial charge in [-0.2, -0.15) is 0 Å². The molecule has 9 nitrogen and oxygen atoms in total. The Labute approximate surface area is 226 Å². The molecule has 39 heavy (non-hydrogen) atoms. The van der Waals surface area contributed by atoms with Crippen molar-refractivity contribution < 1.29 is 39.6 Å². The third-order valence-corrected chi connectivity index (χ3v) is 9.50. The molecule has 5 rings (SSSR count). The van der Waals surface area contributed by atoms with E-state index in [-0.39, 0.29) is 35.0 Å². The van der Waals surface area contributed by atoms with E-state index in [1.807, 2.05) is 27.7 Å². The molecule has 0 saturated heterocycles. The van der Waals surface area contributed by atoms with E-state index in [9.17, 15) is 39.6 Å². The quantitative estimate of drug-likeness (QED) is 0.364. The Hall–Kier alpha value is -3.46. The summed E-state index contributed by atoms with van der Waals surface area (Å²) in [6.07, 6.45) is 1.84. The number of hydrogen-bond acceptors (Lipinski definition) is 8. The topological polar surface area (TPSA) is 175 Å². The highest BCUT2D eigenvalue weighted by atomic mass is 16.3. The molecule has 0 aromatic heterocycles. The summed E-state index contributed by atoms with van der Waals surface area (Å²) in [6.45, 7) is 7.49. The molecular weight excluding hydrogens is 502 g/mol. The van der Waals surface area contributed by atoms with Gasteiger partial charge in [0.1, 0.15) is 28.6 Å². The monoisotopic (exact) mass is 537 g/mol. The van der Waals surface area contributed by atoms with E-state index >= 15 is 0 Å². The largest absolute Gasteiger partial charge is 0.508 e. The molecule has 4 aliphatic rings. The van der Waals surface area contributed by atoms with Crippen LogP contribution in [0.1, 0.15) is 82.4 Å². The number of hydrogen-bond donors (Lipinski definition) is 5. The minimum absolute atomic E-state index is 0.0612. The van der Waals surface area contributed by atoms with Crippen LogP contribution in [0, 0.1) is 23.7 Å². The second-order valence-electron chi connectivity index (χ2n) is 12.6. The van der Waals surface area contributed by atoms with Crippen LogP contribution >= 0.6 is 0 Å². The SMILES string of the molecule is C[C@H]1c2ccc(C(C)(C)C)c(O)c2C(O)=C2C(=O)[C@]3(O)C(O)=C(C(N)=O)C(=O)C[C@@H]3[C@@H](CC(=O)C3CCC3)[C@@H]21. The van der Waals surface area contributed by atoms with Crippen LogP contribution in [0.4, 0.5) is 0 Å². The van der Waals surface area contributed by atoms with Crippen LogP contribution in [0.25, 0.3) is 5.76 Å². The first-order valence-corrected chi connectivity index (χ1v) is 13.5. The van der Waals surface area contributed by atoms with Gasteiger partial charge in [-0.15, -0.1) is 0 Å². The molecule has 0 heterocycles. The molecule has 0 aliphatic heterocycles. The van der Waals surface area contributed by atoms with Gasteiger partial charge >= 0.3 is 0 Å². The van der Waals surface area contributed by atoms with Crippen molar-refractivity contribution in [2.45, 2.75) is 76.7 Å². The van der Waals surface area contributed by atoms with Crippen molar-refractivity contribution in [1.82, 2.24) is 0 Å². The zero-order valence-electron chi connectivity index (χ0n) is 22.6. The Morgan fingerprint density at radius 3 is 2.28 bits per heavy atom. The first-order valence-electron chi connectivity index (χ1n) is 13.5. The van der Waals surface area contributed by atoms with E-state index in [1.165, 1.54) is 0 Å². The van der Waals surface area contributed by atoms with Gasteiger partial charge in [-0.1, -0.05) is 46.2 Å². The van der Waals surface area contributed by atoms with Gasteiger partial charge in [0.25, 0.3) is 5.91 Å². The number of fused-ring (bicyclic) bond motifs is 3. The number of aromatic hydroxyl groups is 1. The number of benzene rings is 1. The Balaban J connectivity index is 1.77. The lowest BCUT2D eigenvalue weighted by Gasteiger charge is -2.52. The smallest absolute Gasteiger partial charge is 0.255 e. The van der Waals surface area contributed by atoms with Gasteiger partial charge in [-0.05, 0) is 35.7 Å². The van der Waals surface area contributed by atoms with Crippen molar-refractivity contribution in [2.24, 2.45) is 29.4 Å². The first kappa shape index (κ1) is 27.1. The number of carbonyl (C=O) groups excluding carboxylic acids is 4. The van der Waals surface area contributed by atoms with Gasteiger partial charge in [-0.25, -0.2) is 0 Å². The lowest BCUT2D eigenvalue weighted by atomic mass is 9.51. The fraction of sp³-hybridized carbons (Fsp3) is 0.533. The molecule has 5 atom stereocenters. The number of ketones is 3. The van der Waals surface area contributed by atoms with E-state index in [0.29, 0.717) is 11.1 Å². The summed E-state index contributed by atoms with van der Waals surface area (Å²) < 4.78 is 0. The van der Waals surface area contributed by atoms with Crippen LogP contribution in [-0.4, -0.2) is 49.3 Å². The van der Waals surface area contributed by atoms with E-state index in [1.54, 1.807) is 12.1 Å². The molecule has 1 aromatic rings. The minimum atomic E-state index is -2.74. The molecule has 0 unspecified atom stereocenters. The van der Waals surface area contributed by atoms with Crippen molar-refractivity contribution in [3.63, 3.8) is 0 Å². The molecule has 6 N–H and O–H groups in total. The maximum atomic E-state index is 14.1. The van der Waals surface area contributed by atoms with Gasteiger partial charge in [-0.3, -0.25) is 19.2 Å². The summed E-state index contributed by atoms with van der Waals surface area (Å²) in [4.78, 5) is 52.4. The van der Waals surface area contributed by atoms with E-state index < -0.39 is 75.7 Å². The summed E-state index contributed by atoms with van der Waals surface area (Å²) in [5.41, 5.74) is 2.18. The fourth-order valence-electron chi connectivity index (χ4n) is 7.21. The van der Waals surface area contributed by atoms with Crippen molar-refractivity contribution in [1.29, 1.82) is 0 Å². The van der Waals surface area contributed by atoms with Crippen molar-refractivity contribution in [3.05, 3.63) is 45.7 Å². The van der Waals surface area contributed by atoms with E-state index in [0.717, 1.165) is 19.3 Å². The van der Waals surface area contributed by atoms with Crippen LogP contribution in [0.5, 0.6) is 5.75 Å². The number of phenols is 1. The number of nitrogens with two attached hydrogens (primary N) is 1. The summed E-state index contributed by atoms with van der Waals surface area (Å²) in [6, 6.07) is 3.56. The van der Waals surface area contributed by atoms with Crippen LogP contribution < -0.4 is 5.73 Å². The molecule has 0 radical (unpaired) electrons. The Morgan fingerprint density at radius 2 is 1.74 bits per heavy atom. The summed E-state index contributed by atoms with van der Waals surface area (Å²) in [5, 5.41) is 45.8. The number of carbonyl (C=O) groups is 4. The summed E-state index contributed by atoms with van der Waals surface area (Å²) >= 11 is 0. The highest BCUT2D eigenvalue weighted by Gasteiger charge is 2.65. The van der Waals surface area contributed by atoms with Crippen LogP contribution in [0.2, 0.25) is 0 Å². The average Bonchev–Trinajstić information content (AvgIpc) is 2.79. The highest BCUT2D eigenvalue weighted by molar-refractivity contribution is 6.23.